The van der Waals surface area contributed by atoms with Crippen LogP contribution in [0.5, 0.6) is 5.75 Å². The van der Waals surface area contributed by atoms with Crippen LogP contribution in [0.4, 0.5) is 11.5 Å². The minimum Gasteiger partial charge on any atom is -0.497 e. The first-order chi connectivity index (χ1) is 18.0. The molecule has 2 fully saturated rings. The van der Waals surface area contributed by atoms with Crippen LogP contribution in [0.25, 0.3) is 0 Å². The maximum absolute atomic E-state index is 12.8. The highest BCUT2D eigenvalue weighted by Gasteiger charge is 2.22. The molecule has 37 heavy (non-hydrogen) atoms. The number of rotatable bonds is 7. The fraction of sp³-hybridized carbons (Fsp3) is 0.414. The van der Waals surface area contributed by atoms with E-state index in [1.54, 1.807) is 18.9 Å². The summed E-state index contributed by atoms with van der Waals surface area (Å²) in [6, 6.07) is 16.3. The second kappa shape index (κ2) is 11.4. The van der Waals surface area contributed by atoms with Gasteiger partial charge in [0.05, 0.1) is 7.11 Å². The number of aromatic nitrogens is 2. The van der Waals surface area contributed by atoms with Gasteiger partial charge in [0.1, 0.15) is 11.6 Å². The van der Waals surface area contributed by atoms with Crippen molar-refractivity contribution in [1.82, 2.24) is 14.9 Å². The summed E-state index contributed by atoms with van der Waals surface area (Å²) in [5.41, 5.74) is 5.27. The number of carbonyl (C=O) groups excluding carboxylic acids is 1. The molecule has 1 amide bonds. The van der Waals surface area contributed by atoms with Crippen molar-refractivity contribution in [3.8, 4) is 5.75 Å². The average Bonchev–Trinajstić information content (AvgIpc) is 3.49. The summed E-state index contributed by atoms with van der Waals surface area (Å²) >= 11 is 1.63. The van der Waals surface area contributed by atoms with Gasteiger partial charge in [-0.3, -0.25) is 4.79 Å². The fourth-order valence-corrected chi connectivity index (χ4v) is 5.80. The lowest BCUT2D eigenvalue weighted by Gasteiger charge is -2.37. The number of amides is 1. The van der Waals surface area contributed by atoms with Crippen LogP contribution in [-0.2, 0) is 5.75 Å². The van der Waals surface area contributed by atoms with Crippen LogP contribution in [0, 0.1) is 13.8 Å². The number of likely N-dealkylation sites (tertiary alicyclic amines) is 1. The van der Waals surface area contributed by atoms with Gasteiger partial charge in [-0.25, -0.2) is 9.97 Å². The van der Waals surface area contributed by atoms with Gasteiger partial charge < -0.3 is 19.4 Å². The number of thioether (sulfide) groups is 1. The van der Waals surface area contributed by atoms with Gasteiger partial charge in [-0.05, 0) is 68.7 Å². The van der Waals surface area contributed by atoms with Gasteiger partial charge in [0, 0.05) is 67.5 Å². The molecule has 194 valence electrons. The van der Waals surface area contributed by atoms with Gasteiger partial charge in [0.2, 0.25) is 0 Å². The molecule has 0 bridgehead atoms. The first kappa shape index (κ1) is 25.4. The van der Waals surface area contributed by atoms with Gasteiger partial charge in [0.15, 0.2) is 5.16 Å². The Bertz CT molecular complexity index is 1240. The molecule has 2 aliphatic rings. The molecule has 5 rings (SSSR count). The Kier molecular flexibility index (Phi) is 7.84. The van der Waals surface area contributed by atoms with E-state index in [-0.39, 0.29) is 5.91 Å². The Morgan fingerprint density at radius 2 is 1.62 bits per heavy atom. The minimum atomic E-state index is 0.142. The van der Waals surface area contributed by atoms with Crippen LogP contribution >= 0.6 is 11.8 Å². The predicted octanol–water partition coefficient (Wildman–Crippen LogP) is 4.96. The first-order valence-corrected chi connectivity index (χ1v) is 14.0. The van der Waals surface area contributed by atoms with E-state index in [9.17, 15) is 4.79 Å². The zero-order valence-electron chi connectivity index (χ0n) is 21.9. The normalized spacial score (nSPS) is 15.8. The molecule has 0 radical (unpaired) electrons. The molecule has 3 aromatic rings. The monoisotopic (exact) mass is 517 g/mol. The third-order valence-electron chi connectivity index (χ3n) is 7.29. The average molecular weight is 518 g/mol. The van der Waals surface area contributed by atoms with E-state index in [2.05, 4.69) is 41.8 Å². The Labute approximate surface area is 223 Å². The number of hydrogen-bond donors (Lipinski definition) is 0. The molecule has 8 heteroatoms. The minimum absolute atomic E-state index is 0.142. The number of nitrogens with zero attached hydrogens (tertiary/aromatic N) is 5. The topological polar surface area (TPSA) is 61.8 Å². The summed E-state index contributed by atoms with van der Waals surface area (Å²) in [5.74, 6) is 2.78. The first-order valence-electron chi connectivity index (χ1n) is 13.0. The molecule has 1 aromatic heterocycles. The summed E-state index contributed by atoms with van der Waals surface area (Å²) in [6.07, 6.45) is 2.20. The van der Waals surface area contributed by atoms with Gasteiger partial charge >= 0.3 is 0 Å². The number of piperazine rings is 1. The quantitative estimate of drug-likeness (QED) is 0.324. The van der Waals surface area contributed by atoms with Crippen LogP contribution in [0.2, 0.25) is 0 Å². The van der Waals surface area contributed by atoms with Crippen LogP contribution in [0.1, 0.15) is 40.0 Å². The van der Waals surface area contributed by atoms with Crippen LogP contribution < -0.4 is 14.5 Å². The molecule has 7 nitrogen and oxygen atoms in total. The standard InChI is InChI=1S/C29H35N5O2S/c1-21-22(2)30-29(37-20-23-7-6-8-24(19-23)28(35)34-13-4-5-14-34)31-27(21)33-17-15-32(16-18-33)25-9-11-26(36-3)12-10-25/h6-12,19H,4-5,13-18,20H2,1-3H3. The number of hydrogen-bond acceptors (Lipinski definition) is 7. The molecule has 0 spiro atoms. The van der Waals surface area contributed by atoms with E-state index in [0.717, 1.165) is 97.0 Å². The number of anilines is 2. The summed E-state index contributed by atoms with van der Waals surface area (Å²) in [5, 5.41) is 0.784. The van der Waals surface area contributed by atoms with Crippen LogP contribution in [0.3, 0.4) is 0 Å². The molecule has 2 saturated heterocycles. The van der Waals surface area contributed by atoms with Crippen molar-refractivity contribution in [3.63, 3.8) is 0 Å². The third-order valence-corrected chi connectivity index (χ3v) is 8.21. The molecular weight excluding hydrogens is 482 g/mol. The second-order valence-electron chi connectivity index (χ2n) is 9.70. The zero-order chi connectivity index (χ0) is 25.8. The van der Waals surface area contributed by atoms with Crippen molar-refractivity contribution in [3.05, 3.63) is 70.9 Å². The molecule has 0 saturated carbocycles. The van der Waals surface area contributed by atoms with Gasteiger partial charge in [-0.15, -0.1) is 0 Å². The van der Waals surface area contributed by atoms with Crippen molar-refractivity contribution in [2.75, 3.05) is 56.2 Å². The third kappa shape index (κ3) is 5.85. The maximum Gasteiger partial charge on any atom is 0.253 e. The van der Waals surface area contributed by atoms with Crippen LogP contribution in [-0.4, -0.2) is 67.2 Å². The lowest BCUT2D eigenvalue weighted by Crippen LogP contribution is -2.47. The molecule has 2 aromatic carbocycles. The van der Waals surface area contributed by atoms with Gasteiger partial charge in [-0.2, -0.15) is 0 Å². The van der Waals surface area contributed by atoms with Gasteiger partial charge in [0.25, 0.3) is 5.91 Å². The lowest BCUT2D eigenvalue weighted by atomic mass is 10.1. The van der Waals surface area contributed by atoms with Crippen molar-refractivity contribution >= 4 is 29.2 Å². The lowest BCUT2D eigenvalue weighted by molar-refractivity contribution is 0.0792. The molecule has 2 aliphatic heterocycles. The smallest absolute Gasteiger partial charge is 0.253 e. The molecule has 0 N–H and O–H groups in total. The molecule has 0 unspecified atom stereocenters. The highest BCUT2D eigenvalue weighted by atomic mass is 32.2. The van der Waals surface area contributed by atoms with E-state index in [4.69, 9.17) is 14.7 Å². The molecular formula is C29H35N5O2S. The van der Waals surface area contributed by atoms with E-state index >= 15 is 0 Å². The van der Waals surface area contributed by atoms with Crippen molar-refractivity contribution in [2.24, 2.45) is 0 Å². The predicted molar refractivity (Wildman–Crippen MR) is 150 cm³/mol. The Morgan fingerprint density at radius 3 is 2.32 bits per heavy atom. The van der Waals surface area contributed by atoms with E-state index in [1.165, 1.54) is 5.69 Å². The van der Waals surface area contributed by atoms with Crippen molar-refractivity contribution < 1.29 is 9.53 Å². The molecule has 0 aliphatic carbocycles. The largest absolute Gasteiger partial charge is 0.497 e. The molecule has 0 atom stereocenters. The molecule has 3 heterocycles. The highest BCUT2D eigenvalue weighted by Crippen LogP contribution is 2.28. The summed E-state index contributed by atoms with van der Waals surface area (Å²) in [6.45, 7) is 9.61. The van der Waals surface area contributed by atoms with Gasteiger partial charge in [-0.1, -0.05) is 23.9 Å². The summed E-state index contributed by atoms with van der Waals surface area (Å²) in [7, 11) is 1.69. The number of benzene rings is 2. The van der Waals surface area contributed by atoms with E-state index in [1.807, 2.05) is 35.2 Å². The SMILES string of the molecule is COc1ccc(N2CCN(c3nc(SCc4cccc(C(=O)N5CCCC5)c4)nc(C)c3C)CC2)cc1. The maximum atomic E-state index is 12.8. The number of methoxy groups -OCH3 is 1. The van der Waals surface area contributed by atoms with E-state index in [0.29, 0.717) is 0 Å². The summed E-state index contributed by atoms with van der Waals surface area (Å²) < 4.78 is 5.29. The highest BCUT2D eigenvalue weighted by molar-refractivity contribution is 7.98. The Hall–Kier alpha value is -3.26. The van der Waals surface area contributed by atoms with Crippen molar-refractivity contribution in [2.45, 2.75) is 37.6 Å². The van der Waals surface area contributed by atoms with Crippen molar-refractivity contribution in [1.29, 1.82) is 0 Å². The number of aryl methyl sites for hydroxylation is 1. The Morgan fingerprint density at radius 1 is 0.919 bits per heavy atom. The fourth-order valence-electron chi connectivity index (χ4n) is 4.98. The number of ether oxygens (including phenoxy) is 1. The zero-order valence-corrected chi connectivity index (χ0v) is 22.8. The Balaban J connectivity index is 1.24. The van der Waals surface area contributed by atoms with Crippen LogP contribution in [0.15, 0.2) is 53.7 Å². The van der Waals surface area contributed by atoms with E-state index < -0.39 is 0 Å². The number of carbonyl (C=O) groups is 1. The second-order valence-corrected chi connectivity index (χ2v) is 10.6. The summed E-state index contributed by atoms with van der Waals surface area (Å²) in [4.78, 5) is 29.3.